The van der Waals surface area contributed by atoms with Crippen LogP contribution in [0, 0.1) is 6.92 Å². The number of piperidine rings is 1. The van der Waals surface area contributed by atoms with E-state index in [1.54, 1.807) is 6.26 Å². The maximum absolute atomic E-state index is 13.1. The number of nitrogens with zero attached hydrogens (tertiary/aromatic N) is 5. The van der Waals surface area contributed by atoms with Crippen LogP contribution in [0.2, 0.25) is 0 Å². The van der Waals surface area contributed by atoms with Gasteiger partial charge in [0, 0.05) is 25.2 Å². The second-order valence-corrected chi connectivity index (χ2v) is 8.26. The van der Waals surface area contributed by atoms with Crippen LogP contribution in [-0.2, 0) is 12.1 Å². The predicted octanol–water partition coefficient (Wildman–Crippen LogP) is 2.92. The number of hydrogen-bond acceptors (Lipinski definition) is 5. The summed E-state index contributed by atoms with van der Waals surface area (Å²) < 4.78 is 7.91. The monoisotopic (exact) mass is 391 g/mol. The first-order valence-corrected chi connectivity index (χ1v) is 10.1. The van der Waals surface area contributed by atoms with Gasteiger partial charge in [-0.05, 0) is 50.6 Å². The van der Waals surface area contributed by atoms with Gasteiger partial charge in [0.2, 0.25) is 0 Å². The highest BCUT2D eigenvalue weighted by Gasteiger charge is 2.44. The number of likely N-dealkylation sites (tertiary alicyclic amines) is 1. The van der Waals surface area contributed by atoms with Crippen molar-refractivity contribution in [3.63, 3.8) is 0 Å². The third-order valence-electron chi connectivity index (χ3n) is 6.28. The van der Waals surface area contributed by atoms with E-state index in [1.807, 2.05) is 48.2 Å². The summed E-state index contributed by atoms with van der Waals surface area (Å²) in [5.74, 6) is 2.61. The van der Waals surface area contributed by atoms with Crippen molar-refractivity contribution in [3.05, 3.63) is 59.6 Å². The maximum atomic E-state index is 13.1. The van der Waals surface area contributed by atoms with Crippen molar-refractivity contribution in [1.82, 2.24) is 24.6 Å². The molecule has 7 heteroatoms. The number of amides is 1. The van der Waals surface area contributed by atoms with Crippen molar-refractivity contribution in [2.75, 3.05) is 26.7 Å². The number of hydrogen-bond donors (Lipinski definition) is 0. The summed E-state index contributed by atoms with van der Waals surface area (Å²) >= 11 is 0. The lowest BCUT2D eigenvalue weighted by molar-refractivity contribution is 0.0408. The van der Waals surface area contributed by atoms with Crippen LogP contribution in [0.1, 0.15) is 34.6 Å². The zero-order valence-corrected chi connectivity index (χ0v) is 16.8. The molecule has 5 rings (SSSR count). The molecule has 1 spiro atoms. The molecular weight excluding hydrogens is 366 g/mol. The molecule has 29 heavy (non-hydrogen) atoms. The van der Waals surface area contributed by atoms with Crippen LogP contribution in [0.5, 0.6) is 0 Å². The molecule has 0 aliphatic carbocycles. The van der Waals surface area contributed by atoms with Crippen molar-refractivity contribution >= 4 is 5.91 Å². The Morgan fingerprint density at radius 1 is 1.10 bits per heavy atom. The highest BCUT2D eigenvalue weighted by Crippen LogP contribution is 2.39. The van der Waals surface area contributed by atoms with Gasteiger partial charge in [0.1, 0.15) is 5.82 Å². The topological polar surface area (TPSA) is 67.4 Å². The van der Waals surface area contributed by atoms with Crippen LogP contribution in [-0.4, -0.2) is 57.2 Å². The molecule has 4 heterocycles. The summed E-state index contributed by atoms with van der Waals surface area (Å²) in [6, 6.07) is 11.6. The summed E-state index contributed by atoms with van der Waals surface area (Å²) in [4.78, 5) is 17.4. The summed E-state index contributed by atoms with van der Waals surface area (Å²) in [7, 11) is 2.12. The van der Waals surface area contributed by atoms with E-state index in [0.29, 0.717) is 0 Å². The van der Waals surface area contributed by atoms with Crippen LogP contribution in [0.15, 0.2) is 47.1 Å². The molecule has 0 saturated carbocycles. The zero-order valence-electron chi connectivity index (χ0n) is 16.8. The lowest BCUT2D eigenvalue weighted by Gasteiger charge is -2.48. The second-order valence-electron chi connectivity index (χ2n) is 8.26. The van der Waals surface area contributed by atoms with Crippen LogP contribution < -0.4 is 0 Å². The fourth-order valence-corrected chi connectivity index (χ4v) is 4.84. The van der Waals surface area contributed by atoms with Crippen molar-refractivity contribution in [3.8, 4) is 11.6 Å². The van der Waals surface area contributed by atoms with Crippen LogP contribution in [0.25, 0.3) is 11.6 Å². The van der Waals surface area contributed by atoms with Gasteiger partial charge in [-0.2, -0.15) is 0 Å². The van der Waals surface area contributed by atoms with E-state index in [-0.39, 0.29) is 11.4 Å². The zero-order chi connectivity index (χ0) is 20.0. The number of likely N-dealkylation sites (N-methyl/N-ethyl adjacent to an activating group) is 1. The quantitative estimate of drug-likeness (QED) is 0.672. The highest BCUT2D eigenvalue weighted by molar-refractivity contribution is 5.95. The number of fused-ring (bicyclic) bond motifs is 2. The molecule has 2 aliphatic rings. The molecule has 0 unspecified atom stereocenters. The molecule has 2 aliphatic heterocycles. The van der Waals surface area contributed by atoms with E-state index >= 15 is 0 Å². The molecule has 3 aromatic rings. The summed E-state index contributed by atoms with van der Waals surface area (Å²) in [5.41, 5.74) is 1.69. The molecule has 2 aromatic heterocycles. The minimum Gasteiger partial charge on any atom is -0.461 e. The maximum Gasteiger partial charge on any atom is 0.254 e. The minimum atomic E-state index is -0.129. The molecule has 1 saturated heterocycles. The Morgan fingerprint density at radius 2 is 1.90 bits per heavy atom. The molecule has 7 nitrogen and oxygen atoms in total. The van der Waals surface area contributed by atoms with E-state index in [9.17, 15) is 4.79 Å². The Kier molecular flexibility index (Phi) is 4.28. The number of rotatable bonds is 2. The van der Waals surface area contributed by atoms with Gasteiger partial charge in [0.05, 0.1) is 18.3 Å². The van der Waals surface area contributed by atoms with Gasteiger partial charge in [-0.3, -0.25) is 14.3 Å². The molecule has 0 N–H and O–H groups in total. The molecule has 150 valence electrons. The fraction of sp³-hybridized carbons (Fsp3) is 0.409. The third kappa shape index (κ3) is 2.97. The van der Waals surface area contributed by atoms with Crippen LogP contribution in [0.3, 0.4) is 0 Å². The van der Waals surface area contributed by atoms with Crippen LogP contribution >= 0.6 is 0 Å². The lowest BCUT2D eigenvalue weighted by Crippen LogP contribution is -2.56. The van der Waals surface area contributed by atoms with E-state index in [1.165, 1.54) is 0 Å². The first-order chi connectivity index (χ1) is 14.1. The van der Waals surface area contributed by atoms with Gasteiger partial charge in [-0.15, -0.1) is 10.2 Å². The van der Waals surface area contributed by atoms with Gasteiger partial charge in [0.15, 0.2) is 11.6 Å². The van der Waals surface area contributed by atoms with Gasteiger partial charge in [-0.1, -0.05) is 18.2 Å². The molecule has 0 radical (unpaired) electrons. The average Bonchev–Trinajstić information content (AvgIpc) is 3.38. The Bertz CT molecular complexity index is 1030. The molecule has 0 atom stereocenters. The number of benzene rings is 1. The Morgan fingerprint density at radius 3 is 2.62 bits per heavy atom. The number of carbonyl (C=O) groups is 1. The first-order valence-electron chi connectivity index (χ1n) is 10.1. The molecule has 0 bridgehead atoms. The molecule has 1 aromatic carbocycles. The number of aromatic nitrogens is 3. The third-order valence-corrected chi connectivity index (χ3v) is 6.28. The van der Waals surface area contributed by atoms with Gasteiger partial charge < -0.3 is 9.32 Å². The molecular formula is C22H25N5O2. The van der Waals surface area contributed by atoms with Gasteiger partial charge >= 0.3 is 0 Å². The van der Waals surface area contributed by atoms with E-state index in [2.05, 4.69) is 26.7 Å². The van der Waals surface area contributed by atoms with Crippen molar-refractivity contribution in [1.29, 1.82) is 0 Å². The van der Waals surface area contributed by atoms with Crippen LogP contribution in [0.4, 0.5) is 0 Å². The largest absolute Gasteiger partial charge is 0.461 e. The Hall–Kier alpha value is -2.93. The smallest absolute Gasteiger partial charge is 0.254 e. The van der Waals surface area contributed by atoms with E-state index < -0.39 is 0 Å². The minimum absolute atomic E-state index is 0.123. The Labute approximate surface area is 169 Å². The number of furan rings is 1. The second kappa shape index (κ2) is 6.84. The molecule has 1 fully saturated rings. The fourth-order valence-electron chi connectivity index (χ4n) is 4.84. The predicted molar refractivity (Wildman–Crippen MR) is 108 cm³/mol. The summed E-state index contributed by atoms with van der Waals surface area (Å²) in [6.45, 7) is 5.11. The van der Waals surface area contributed by atoms with Crippen molar-refractivity contribution in [2.45, 2.75) is 31.8 Å². The SMILES string of the molecule is Cc1ccccc1C(=O)N1CCC2(CC1)CN(C)Cc1nnc(-c3ccco3)n12. The van der Waals surface area contributed by atoms with Gasteiger partial charge in [-0.25, -0.2) is 0 Å². The average molecular weight is 391 g/mol. The standard InChI is InChI=1S/C22H25N5O2/c1-16-6-3-4-7-17(16)21(28)26-11-9-22(10-12-26)15-25(2)14-19-23-24-20(27(19)22)18-8-5-13-29-18/h3-8,13H,9-12,14-15H2,1-2H3. The summed E-state index contributed by atoms with van der Waals surface area (Å²) in [6.07, 6.45) is 3.41. The number of carbonyl (C=O) groups excluding carboxylic acids is 1. The van der Waals surface area contributed by atoms with Crippen molar-refractivity contribution in [2.24, 2.45) is 0 Å². The summed E-state index contributed by atoms with van der Waals surface area (Å²) in [5, 5.41) is 8.91. The normalized spacial score (nSPS) is 18.8. The number of aryl methyl sites for hydroxylation is 1. The van der Waals surface area contributed by atoms with E-state index in [0.717, 1.165) is 67.6 Å². The van der Waals surface area contributed by atoms with Gasteiger partial charge in [0.25, 0.3) is 5.91 Å². The Balaban J connectivity index is 1.45. The molecule has 1 amide bonds. The van der Waals surface area contributed by atoms with E-state index in [4.69, 9.17) is 4.42 Å². The first kappa shape index (κ1) is 18.1. The van der Waals surface area contributed by atoms with Crippen molar-refractivity contribution < 1.29 is 9.21 Å². The lowest BCUT2D eigenvalue weighted by atomic mass is 9.84. The highest BCUT2D eigenvalue weighted by atomic mass is 16.3.